The van der Waals surface area contributed by atoms with E-state index in [4.69, 9.17) is 4.11 Å². The Bertz CT molecular complexity index is 1200. The smallest absolute Gasteiger partial charge is 0.201 e. The first kappa shape index (κ1) is 13.7. The zero-order valence-corrected chi connectivity index (χ0v) is 16.8. The van der Waals surface area contributed by atoms with Gasteiger partial charge < -0.3 is 0 Å². The SMILES string of the molecule is [2H]C([2H])([2H])c1c[n+](C)c(-c2c(C)ccc3c2Cc2ccccc2-3)cc1C1([2H])CCCCC1. The highest BCUT2D eigenvalue weighted by Crippen LogP contribution is 2.43. The highest BCUT2D eigenvalue weighted by molar-refractivity contribution is 5.85. The molecule has 0 N–H and O–H groups in total. The minimum absolute atomic E-state index is 0.328. The predicted molar refractivity (Wildman–Crippen MR) is 117 cm³/mol. The summed E-state index contributed by atoms with van der Waals surface area (Å²) in [5.74, 6) is -0.834. The molecule has 1 fully saturated rings. The highest BCUT2D eigenvalue weighted by atomic mass is 14.9. The van der Waals surface area contributed by atoms with E-state index in [9.17, 15) is 1.37 Å². The van der Waals surface area contributed by atoms with Crippen molar-refractivity contribution in [3.63, 3.8) is 0 Å². The summed E-state index contributed by atoms with van der Waals surface area (Å²) in [6, 6.07) is 15.0. The molecule has 5 rings (SSSR count). The van der Waals surface area contributed by atoms with Gasteiger partial charge in [0.1, 0.15) is 7.05 Å². The number of hydrogen-bond donors (Lipinski definition) is 0. The molecule has 2 aliphatic carbocycles. The summed E-state index contributed by atoms with van der Waals surface area (Å²) in [7, 11) is 1.94. The van der Waals surface area contributed by atoms with E-state index in [-0.39, 0.29) is 0 Å². The van der Waals surface area contributed by atoms with E-state index in [2.05, 4.69) is 43.3 Å². The van der Waals surface area contributed by atoms with Crippen LogP contribution in [0.4, 0.5) is 0 Å². The van der Waals surface area contributed by atoms with Crippen molar-refractivity contribution in [1.82, 2.24) is 0 Å². The van der Waals surface area contributed by atoms with Crippen molar-refractivity contribution in [3.8, 4) is 22.4 Å². The maximum Gasteiger partial charge on any atom is 0.213 e. The maximum absolute atomic E-state index is 9.26. The van der Waals surface area contributed by atoms with Crippen LogP contribution in [0.5, 0.6) is 0 Å². The van der Waals surface area contributed by atoms with Gasteiger partial charge in [0.15, 0.2) is 6.20 Å². The number of aromatic nitrogens is 1. The third kappa shape index (κ3) is 2.80. The molecule has 0 saturated heterocycles. The molecule has 1 nitrogen and oxygen atoms in total. The largest absolute Gasteiger partial charge is 0.213 e. The van der Waals surface area contributed by atoms with Crippen molar-refractivity contribution in [2.24, 2.45) is 7.05 Å². The lowest BCUT2D eigenvalue weighted by atomic mass is 9.82. The standard InChI is InChI=1S/C27H30N/c1-18-13-14-23-22-12-8-7-11-21(22)15-25(23)27(18)26-16-24(19(2)17-28(26)3)20-9-5-4-6-10-20/h7-8,11-14,16-17,20H,4-6,9-10,15H2,1-3H3/q+1/i2D3,20D. The molecule has 0 unspecified atom stereocenters. The Morgan fingerprint density at radius 1 is 1.00 bits per heavy atom. The van der Waals surface area contributed by atoms with Gasteiger partial charge in [-0.3, -0.25) is 0 Å². The van der Waals surface area contributed by atoms with Gasteiger partial charge in [-0.15, -0.1) is 0 Å². The summed E-state index contributed by atoms with van der Waals surface area (Å²) in [5.41, 5.74) is 9.58. The Labute approximate surface area is 174 Å². The molecule has 1 heterocycles. The van der Waals surface area contributed by atoms with Crippen molar-refractivity contribution >= 4 is 0 Å². The predicted octanol–water partition coefficient (Wildman–Crippen LogP) is 6.41. The Morgan fingerprint density at radius 3 is 2.64 bits per heavy atom. The van der Waals surface area contributed by atoms with E-state index < -0.39 is 12.7 Å². The van der Waals surface area contributed by atoms with Gasteiger partial charge in [0.05, 0.1) is 5.56 Å². The molecule has 0 aliphatic heterocycles. The van der Waals surface area contributed by atoms with Gasteiger partial charge in [0.2, 0.25) is 5.69 Å². The van der Waals surface area contributed by atoms with Crippen LogP contribution in [0.1, 0.15) is 71.3 Å². The second-order valence-electron chi connectivity index (χ2n) is 8.38. The summed E-state index contributed by atoms with van der Waals surface area (Å²) in [4.78, 5) is 0. The Kier molecular flexibility index (Phi) is 3.37. The molecule has 0 amide bonds. The van der Waals surface area contributed by atoms with Gasteiger partial charge in [-0.2, -0.15) is 0 Å². The molecule has 2 aromatic carbocycles. The first-order chi connectivity index (χ1) is 15.2. The third-order valence-electron chi connectivity index (χ3n) is 6.56. The topological polar surface area (TPSA) is 3.88 Å². The third-order valence-corrected chi connectivity index (χ3v) is 6.56. The quantitative estimate of drug-likeness (QED) is 0.358. The highest BCUT2D eigenvalue weighted by Gasteiger charge is 2.28. The Balaban J connectivity index is 1.75. The monoisotopic (exact) mass is 372 g/mol. The summed E-state index contributed by atoms with van der Waals surface area (Å²) >= 11 is 0. The molecular formula is C27H30N+. The van der Waals surface area contributed by atoms with Crippen LogP contribution in [0.3, 0.4) is 0 Å². The molecule has 0 atom stereocenters. The molecule has 0 spiro atoms. The lowest BCUT2D eigenvalue weighted by molar-refractivity contribution is -0.660. The summed E-state index contributed by atoms with van der Waals surface area (Å²) < 4.78 is 35.8. The molecule has 1 heteroatoms. The number of pyridine rings is 1. The van der Waals surface area contributed by atoms with E-state index in [0.29, 0.717) is 11.1 Å². The number of nitrogens with zero attached hydrogens (tertiary/aromatic N) is 1. The Morgan fingerprint density at radius 2 is 1.82 bits per heavy atom. The fraction of sp³-hybridized carbons (Fsp3) is 0.370. The number of benzene rings is 2. The summed E-state index contributed by atoms with van der Waals surface area (Å²) in [6.07, 6.45) is 7.18. The minimum atomic E-state index is -2.24. The van der Waals surface area contributed by atoms with E-state index >= 15 is 0 Å². The zero-order valence-electron chi connectivity index (χ0n) is 20.8. The average molecular weight is 373 g/mol. The average Bonchev–Trinajstić information content (AvgIpc) is 3.12. The molecule has 1 saturated carbocycles. The first-order valence-electron chi connectivity index (χ1n) is 12.4. The van der Waals surface area contributed by atoms with Gasteiger partial charge in [0, 0.05) is 17.1 Å². The van der Waals surface area contributed by atoms with E-state index in [0.717, 1.165) is 44.2 Å². The zero-order chi connectivity index (χ0) is 22.7. The van der Waals surface area contributed by atoms with Crippen molar-refractivity contribution in [2.75, 3.05) is 0 Å². The maximum atomic E-state index is 9.26. The van der Waals surface area contributed by atoms with Crippen LogP contribution < -0.4 is 4.57 Å². The van der Waals surface area contributed by atoms with Crippen molar-refractivity contribution in [3.05, 3.63) is 76.5 Å². The number of aryl methyl sites for hydroxylation is 3. The van der Waals surface area contributed by atoms with Crippen molar-refractivity contribution in [1.29, 1.82) is 0 Å². The van der Waals surface area contributed by atoms with Crippen LogP contribution in [-0.2, 0) is 13.5 Å². The molecule has 2 aliphatic rings. The van der Waals surface area contributed by atoms with Gasteiger partial charge in [-0.05, 0) is 72.3 Å². The molecule has 142 valence electrons. The van der Waals surface area contributed by atoms with Crippen LogP contribution in [0.2, 0.25) is 0 Å². The van der Waals surface area contributed by atoms with Gasteiger partial charge >= 0.3 is 0 Å². The van der Waals surface area contributed by atoms with Crippen LogP contribution in [0.25, 0.3) is 22.4 Å². The lowest BCUT2D eigenvalue weighted by Crippen LogP contribution is -2.32. The molecule has 0 radical (unpaired) electrons. The van der Waals surface area contributed by atoms with Gasteiger partial charge in [-0.1, -0.05) is 55.7 Å². The lowest BCUT2D eigenvalue weighted by Gasteiger charge is -2.23. The second-order valence-corrected chi connectivity index (χ2v) is 8.38. The van der Waals surface area contributed by atoms with E-state index in [1.54, 1.807) is 6.20 Å². The first-order valence-corrected chi connectivity index (χ1v) is 10.4. The number of rotatable bonds is 2. The number of fused-ring (bicyclic) bond motifs is 3. The minimum Gasteiger partial charge on any atom is -0.201 e. The van der Waals surface area contributed by atoms with Crippen LogP contribution in [0.15, 0.2) is 48.7 Å². The number of hydrogen-bond acceptors (Lipinski definition) is 0. The van der Waals surface area contributed by atoms with E-state index in [1.165, 1.54) is 33.4 Å². The molecule has 0 bridgehead atoms. The van der Waals surface area contributed by atoms with Crippen molar-refractivity contribution in [2.45, 2.75) is 58.2 Å². The summed E-state index contributed by atoms with van der Waals surface area (Å²) in [6.45, 7) is -0.103. The van der Waals surface area contributed by atoms with Crippen LogP contribution in [-0.4, -0.2) is 0 Å². The van der Waals surface area contributed by atoms with Gasteiger partial charge in [-0.25, -0.2) is 4.57 Å². The van der Waals surface area contributed by atoms with Crippen molar-refractivity contribution < 1.29 is 10.1 Å². The fourth-order valence-electron chi connectivity index (χ4n) is 5.12. The fourth-order valence-corrected chi connectivity index (χ4v) is 5.12. The molecule has 28 heavy (non-hydrogen) atoms. The molecule has 1 aromatic heterocycles. The van der Waals surface area contributed by atoms with Crippen LogP contribution >= 0.6 is 0 Å². The van der Waals surface area contributed by atoms with E-state index in [1.807, 2.05) is 17.7 Å². The normalized spacial score (nSPS) is 19.8. The van der Waals surface area contributed by atoms with Gasteiger partial charge in [0.25, 0.3) is 0 Å². The molecule has 3 aromatic rings. The molecular weight excluding hydrogens is 338 g/mol. The Hall–Kier alpha value is -2.41. The summed E-state index contributed by atoms with van der Waals surface area (Å²) in [5, 5.41) is 0. The van der Waals surface area contributed by atoms with Crippen LogP contribution in [0, 0.1) is 13.8 Å². The second kappa shape index (κ2) is 6.88.